The van der Waals surface area contributed by atoms with E-state index in [4.69, 9.17) is 10.3 Å². The second-order valence-corrected chi connectivity index (χ2v) is 5.93. The molecule has 0 aliphatic heterocycles. The minimum Gasteiger partial charge on any atom is -0.339 e. The molecule has 2 aromatic rings. The molecule has 1 aliphatic rings. The largest absolute Gasteiger partial charge is 0.339 e. The molecule has 0 radical (unpaired) electrons. The Morgan fingerprint density at radius 3 is 2.55 bits per heavy atom. The van der Waals surface area contributed by atoms with Crippen LogP contribution in [0.5, 0.6) is 0 Å². The van der Waals surface area contributed by atoms with E-state index in [1.54, 1.807) is 0 Å². The first kappa shape index (κ1) is 13.3. The van der Waals surface area contributed by atoms with Crippen LogP contribution in [0.3, 0.4) is 0 Å². The van der Waals surface area contributed by atoms with Crippen LogP contribution >= 0.6 is 0 Å². The lowest BCUT2D eigenvalue weighted by Gasteiger charge is -2.08. The van der Waals surface area contributed by atoms with Gasteiger partial charge in [0.15, 0.2) is 0 Å². The number of rotatable bonds is 3. The van der Waals surface area contributed by atoms with E-state index in [1.807, 2.05) is 0 Å². The Labute approximate surface area is 119 Å². The molecule has 4 heteroatoms. The highest BCUT2D eigenvalue weighted by Gasteiger charge is 2.30. The summed E-state index contributed by atoms with van der Waals surface area (Å²) in [6.07, 6.45) is 3.24. The highest BCUT2D eigenvalue weighted by atomic mass is 16.5. The Morgan fingerprint density at radius 1 is 1.20 bits per heavy atom. The molecule has 0 spiro atoms. The number of hydrogen-bond acceptors (Lipinski definition) is 4. The Balaban J connectivity index is 1.82. The van der Waals surface area contributed by atoms with Crippen LogP contribution in [0.1, 0.15) is 56.4 Å². The highest BCUT2D eigenvalue weighted by Crippen LogP contribution is 2.33. The third kappa shape index (κ3) is 2.48. The maximum absolute atomic E-state index is 6.08. The third-order valence-electron chi connectivity index (χ3n) is 4.16. The van der Waals surface area contributed by atoms with Gasteiger partial charge in [-0.05, 0) is 24.3 Å². The molecule has 3 rings (SSSR count). The topological polar surface area (TPSA) is 64.9 Å². The van der Waals surface area contributed by atoms with Gasteiger partial charge in [0.05, 0.1) is 5.92 Å². The van der Waals surface area contributed by atoms with E-state index in [2.05, 4.69) is 48.3 Å². The first-order valence-corrected chi connectivity index (χ1v) is 7.34. The number of nitrogens with two attached hydrogens (primary N) is 1. The Kier molecular flexibility index (Phi) is 3.57. The molecule has 2 atom stereocenters. The second-order valence-electron chi connectivity index (χ2n) is 5.93. The van der Waals surface area contributed by atoms with Gasteiger partial charge in [0.2, 0.25) is 11.7 Å². The maximum atomic E-state index is 6.08. The van der Waals surface area contributed by atoms with Crippen LogP contribution in [0.25, 0.3) is 11.4 Å². The van der Waals surface area contributed by atoms with E-state index in [0.717, 1.165) is 24.8 Å². The Bertz CT molecular complexity index is 574. The molecule has 1 aliphatic carbocycles. The molecule has 1 aromatic carbocycles. The summed E-state index contributed by atoms with van der Waals surface area (Å²) in [4.78, 5) is 4.53. The summed E-state index contributed by atoms with van der Waals surface area (Å²) in [6.45, 7) is 4.37. The van der Waals surface area contributed by atoms with Crippen molar-refractivity contribution in [3.05, 3.63) is 35.7 Å². The SMILES string of the molecule is CC(C)c1ccc(-c2noc(C3CCCC3N)n2)cc1. The summed E-state index contributed by atoms with van der Waals surface area (Å²) in [5, 5.41) is 4.10. The fraction of sp³-hybridized carbons (Fsp3) is 0.500. The summed E-state index contributed by atoms with van der Waals surface area (Å²) < 4.78 is 5.41. The average molecular weight is 271 g/mol. The standard InChI is InChI=1S/C16H21N3O/c1-10(2)11-6-8-12(9-7-11)15-18-16(20-19-15)13-4-3-5-14(13)17/h6-10,13-14H,3-5,17H2,1-2H3. The van der Waals surface area contributed by atoms with Crippen molar-refractivity contribution >= 4 is 0 Å². The van der Waals surface area contributed by atoms with Crippen LogP contribution in [0.4, 0.5) is 0 Å². The van der Waals surface area contributed by atoms with Crippen LogP contribution in [0, 0.1) is 0 Å². The molecule has 1 heterocycles. The van der Waals surface area contributed by atoms with Crippen LogP contribution in [-0.4, -0.2) is 16.2 Å². The van der Waals surface area contributed by atoms with E-state index in [-0.39, 0.29) is 12.0 Å². The van der Waals surface area contributed by atoms with Crippen molar-refractivity contribution in [2.75, 3.05) is 0 Å². The molecule has 2 N–H and O–H groups in total. The zero-order valence-electron chi connectivity index (χ0n) is 12.0. The number of aromatic nitrogens is 2. The molecular weight excluding hydrogens is 250 g/mol. The zero-order valence-corrected chi connectivity index (χ0v) is 12.0. The van der Waals surface area contributed by atoms with Crippen molar-refractivity contribution in [3.8, 4) is 11.4 Å². The predicted molar refractivity (Wildman–Crippen MR) is 78.4 cm³/mol. The van der Waals surface area contributed by atoms with E-state index in [1.165, 1.54) is 5.56 Å². The second kappa shape index (κ2) is 5.37. The normalized spacial score (nSPS) is 22.6. The van der Waals surface area contributed by atoms with Gasteiger partial charge in [0, 0.05) is 11.6 Å². The van der Waals surface area contributed by atoms with Gasteiger partial charge in [-0.1, -0.05) is 49.7 Å². The van der Waals surface area contributed by atoms with Gasteiger partial charge in [-0.25, -0.2) is 0 Å². The van der Waals surface area contributed by atoms with Crippen molar-refractivity contribution in [2.24, 2.45) is 5.73 Å². The minimum atomic E-state index is 0.159. The summed E-state index contributed by atoms with van der Waals surface area (Å²) in [5.41, 5.74) is 8.40. The van der Waals surface area contributed by atoms with E-state index in [9.17, 15) is 0 Å². The monoisotopic (exact) mass is 271 g/mol. The summed E-state index contributed by atoms with van der Waals surface area (Å²) in [5.74, 6) is 2.11. The van der Waals surface area contributed by atoms with E-state index < -0.39 is 0 Å². The third-order valence-corrected chi connectivity index (χ3v) is 4.16. The summed E-state index contributed by atoms with van der Waals surface area (Å²) in [6, 6.07) is 8.51. The lowest BCUT2D eigenvalue weighted by molar-refractivity contribution is 0.345. The first-order chi connectivity index (χ1) is 9.65. The van der Waals surface area contributed by atoms with Crippen molar-refractivity contribution < 1.29 is 4.52 Å². The first-order valence-electron chi connectivity index (χ1n) is 7.34. The van der Waals surface area contributed by atoms with Gasteiger partial charge in [0.1, 0.15) is 0 Å². The molecular formula is C16H21N3O. The van der Waals surface area contributed by atoms with Crippen molar-refractivity contribution in [1.82, 2.24) is 10.1 Å². The molecule has 20 heavy (non-hydrogen) atoms. The van der Waals surface area contributed by atoms with Gasteiger partial charge >= 0.3 is 0 Å². The smallest absolute Gasteiger partial charge is 0.231 e. The van der Waals surface area contributed by atoms with Crippen LogP contribution in [0.15, 0.2) is 28.8 Å². The lowest BCUT2D eigenvalue weighted by Crippen LogP contribution is -2.22. The van der Waals surface area contributed by atoms with Crippen molar-refractivity contribution in [1.29, 1.82) is 0 Å². The minimum absolute atomic E-state index is 0.159. The predicted octanol–water partition coefficient (Wildman–Crippen LogP) is 3.45. The quantitative estimate of drug-likeness (QED) is 0.928. The molecule has 1 saturated carbocycles. The van der Waals surface area contributed by atoms with Crippen LogP contribution < -0.4 is 5.73 Å². The summed E-state index contributed by atoms with van der Waals surface area (Å²) in [7, 11) is 0. The molecule has 2 unspecified atom stereocenters. The van der Waals surface area contributed by atoms with Gasteiger partial charge < -0.3 is 10.3 Å². The Morgan fingerprint density at radius 2 is 1.95 bits per heavy atom. The van der Waals surface area contributed by atoms with Crippen LogP contribution in [0.2, 0.25) is 0 Å². The van der Waals surface area contributed by atoms with Crippen LogP contribution in [-0.2, 0) is 0 Å². The number of benzene rings is 1. The Hall–Kier alpha value is -1.68. The average Bonchev–Trinajstić information content (AvgIpc) is 3.07. The molecule has 0 bridgehead atoms. The van der Waals surface area contributed by atoms with Gasteiger partial charge in [0.25, 0.3) is 0 Å². The maximum Gasteiger partial charge on any atom is 0.231 e. The van der Waals surface area contributed by atoms with E-state index in [0.29, 0.717) is 17.6 Å². The molecule has 1 aromatic heterocycles. The molecule has 1 fully saturated rings. The molecule has 106 valence electrons. The summed E-state index contributed by atoms with van der Waals surface area (Å²) >= 11 is 0. The van der Waals surface area contributed by atoms with Gasteiger partial charge in [-0.15, -0.1) is 0 Å². The highest BCUT2D eigenvalue weighted by molar-refractivity contribution is 5.54. The zero-order chi connectivity index (χ0) is 14.1. The number of hydrogen-bond donors (Lipinski definition) is 1. The molecule has 4 nitrogen and oxygen atoms in total. The van der Waals surface area contributed by atoms with Gasteiger partial charge in [-0.3, -0.25) is 0 Å². The fourth-order valence-electron chi connectivity index (χ4n) is 2.82. The van der Waals surface area contributed by atoms with Crippen molar-refractivity contribution in [2.45, 2.75) is 51.0 Å². The number of nitrogens with zero attached hydrogens (tertiary/aromatic N) is 2. The molecule has 0 saturated heterocycles. The molecule has 0 amide bonds. The van der Waals surface area contributed by atoms with Gasteiger partial charge in [-0.2, -0.15) is 4.98 Å². The van der Waals surface area contributed by atoms with Crippen molar-refractivity contribution in [3.63, 3.8) is 0 Å². The lowest BCUT2D eigenvalue weighted by atomic mass is 10.0. The van der Waals surface area contributed by atoms with E-state index >= 15 is 0 Å². The fourth-order valence-corrected chi connectivity index (χ4v) is 2.82.